The zero-order valence-corrected chi connectivity index (χ0v) is 19.8. The quantitative estimate of drug-likeness (QED) is 0.546. The number of aromatic nitrogens is 1. The normalized spacial score (nSPS) is 17.9. The summed E-state index contributed by atoms with van der Waals surface area (Å²) in [7, 11) is 1.64. The smallest absolute Gasteiger partial charge is 0.250 e. The number of hydrogen-bond donors (Lipinski definition) is 2. The number of primary amides is 1. The number of nitrogens with one attached hydrogen (secondary N) is 1. The van der Waals surface area contributed by atoms with Crippen molar-refractivity contribution in [2.45, 2.75) is 43.6 Å². The summed E-state index contributed by atoms with van der Waals surface area (Å²) in [6, 6.07) is 15.5. The van der Waals surface area contributed by atoms with E-state index in [0.29, 0.717) is 18.5 Å². The molecule has 1 saturated carbocycles. The van der Waals surface area contributed by atoms with E-state index in [9.17, 15) is 9.59 Å². The summed E-state index contributed by atoms with van der Waals surface area (Å²) in [6.45, 7) is 0.421. The van der Waals surface area contributed by atoms with E-state index in [1.54, 1.807) is 19.4 Å². The summed E-state index contributed by atoms with van der Waals surface area (Å²) in [5, 5.41) is 3.18. The standard InChI is InChI=1S/C28H29N3O4/c1-34-22-9-7-21(8-10-22)28(11-2-3-12-28)27(33)31-17-23-14-18-5-4-6-24(25(18)35-23)19-13-20(26(29)32)16-30-15-19/h4-10,13,15-16,23H,2-3,11-12,14,17H2,1H3,(H2,29,32)(H,31,33). The third-order valence-corrected chi connectivity index (χ3v) is 7.19. The van der Waals surface area contributed by atoms with Crippen molar-refractivity contribution in [1.29, 1.82) is 0 Å². The van der Waals surface area contributed by atoms with E-state index < -0.39 is 11.3 Å². The minimum absolute atomic E-state index is 0.0540. The maximum Gasteiger partial charge on any atom is 0.250 e. The van der Waals surface area contributed by atoms with E-state index in [1.165, 1.54) is 6.20 Å². The summed E-state index contributed by atoms with van der Waals surface area (Å²) in [4.78, 5) is 29.2. The van der Waals surface area contributed by atoms with Crippen LogP contribution in [0.3, 0.4) is 0 Å². The molecule has 1 unspecified atom stereocenters. The highest BCUT2D eigenvalue weighted by Gasteiger charge is 2.43. The van der Waals surface area contributed by atoms with E-state index in [4.69, 9.17) is 15.2 Å². The Labute approximate surface area is 204 Å². The van der Waals surface area contributed by atoms with Gasteiger partial charge in [-0.05, 0) is 42.2 Å². The van der Waals surface area contributed by atoms with Gasteiger partial charge in [0.05, 0.1) is 24.6 Å². The second kappa shape index (κ2) is 9.41. The molecule has 2 aromatic carbocycles. The number of carbonyl (C=O) groups is 2. The molecular formula is C28H29N3O4. The molecule has 7 heteroatoms. The number of pyridine rings is 1. The second-order valence-electron chi connectivity index (χ2n) is 9.29. The number of ether oxygens (including phenoxy) is 2. The first kappa shape index (κ1) is 22.9. The van der Waals surface area contributed by atoms with Crippen LogP contribution in [-0.2, 0) is 16.6 Å². The van der Waals surface area contributed by atoms with Crippen LogP contribution in [0, 0.1) is 0 Å². The number of benzene rings is 2. The maximum atomic E-state index is 13.5. The molecule has 1 aromatic heterocycles. The van der Waals surface area contributed by atoms with E-state index in [-0.39, 0.29) is 12.0 Å². The molecule has 1 atom stereocenters. The molecule has 2 amide bonds. The SMILES string of the molecule is COc1ccc(C2(C(=O)NCC3Cc4cccc(-c5cncc(C(N)=O)c5)c4O3)CCCC2)cc1. The van der Waals surface area contributed by atoms with E-state index >= 15 is 0 Å². The molecule has 0 bridgehead atoms. The van der Waals surface area contributed by atoms with Gasteiger partial charge in [0.1, 0.15) is 17.6 Å². The van der Waals surface area contributed by atoms with Crippen LogP contribution in [-0.4, -0.2) is 36.6 Å². The molecule has 180 valence electrons. The van der Waals surface area contributed by atoms with Crippen molar-refractivity contribution in [3.63, 3.8) is 0 Å². The first-order chi connectivity index (χ1) is 17.0. The zero-order valence-electron chi connectivity index (χ0n) is 19.8. The lowest BCUT2D eigenvalue weighted by atomic mass is 9.78. The summed E-state index contributed by atoms with van der Waals surface area (Å²) in [6.07, 6.45) is 7.42. The van der Waals surface area contributed by atoms with Gasteiger partial charge in [-0.25, -0.2) is 0 Å². The third kappa shape index (κ3) is 4.34. The number of nitrogens with two attached hydrogens (primary N) is 1. The lowest BCUT2D eigenvalue weighted by molar-refractivity contribution is -0.127. The number of hydrogen-bond acceptors (Lipinski definition) is 5. The molecule has 3 N–H and O–H groups in total. The van der Waals surface area contributed by atoms with Gasteiger partial charge in [-0.2, -0.15) is 0 Å². The monoisotopic (exact) mass is 471 g/mol. The Morgan fingerprint density at radius 2 is 1.91 bits per heavy atom. The van der Waals surface area contributed by atoms with Crippen LogP contribution >= 0.6 is 0 Å². The predicted molar refractivity (Wildman–Crippen MR) is 132 cm³/mol. The fourth-order valence-electron chi connectivity index (χ4n) is 5.31. The molecule has 2 aliphatic rings. The van der Waals surface area contributed by atoms with Gasteiger partial charge in [0.15, 0.2) is 0 Å². The minimum Gasteiger partial charge on any atom is -0.497 e. The summed E-state index contributed by atoms with van der Waals surface area (Å²) in [5.74, 6) is 1.08. The molecule has 0 saturated heterocycles. The highest BCUT2D eigenvalue weighted by molar-refractivity contribution is 5.94. The van der Waals surface area contributed by atoms with Crippen LogP contribution in [0.2, 0.25) is 0 Å². The third-order valence-electron chi connectivity index (χ3n) is 7.19. The number of methoxy groups -OCH3 is 1. The second-order valence-corrected chi connectivity index (χ2v) is 9.29. The van der Waals surface area contributed by atoms with Crippen LogP contribution in [0.25, 0.3) is 11.1 Å². The van der Waals surface area contributed by atoms with E-state index in [1.807, 2.05) is 42.5 Å². The van der Waals surface area contributed by atoms with Gasteiger partial charge in [-0.1, -0.05) is 43.2 Å². The molecule has 1 aliphatic carbocycles. The number of amides is 2. The number of rotatable bonds is 7. The Balaban J connectivity index is 1.30. The maximum absolute atomic E-state index is 13.5. The fraction of sp³-hybridized carbons (Fsp3) is 0.321. The van der Waals surface area contributed by atoms with Gasteiger partial charge in [-0.3, -0.25) is 14.6 Å². The molecule has 1 fully saturated rings. The minimum atomic E-state index is -0.522. The molecule has 7 nitrogen and oxygen atoms in total. The van der Waals surface area contributed by atoms with Crippen molar-refractivity contribution in [3.8, 4) is 22.6 Å². The van der Waals surface area contributed by atoms with Gasteiger partial charge in [0.25, 0.3) is 0 Å². The Bertz CT molecular complexity index is 1250. The molecule has 1 aliphatic heterocycles. The van der Waals surface area contributed by atoms with Crippen LogP contribution in [0.15, 0.2) is 60.9 Å². The van der Waals surface area contributed by atoms with E-state index in [2.05, 4.69) is 10.3 Å². The molecule has 0 radical (unpaired) electrons. The lowest BCUT2D eigenvalue weighted by Crippen LogP contribution is -2.45. The lowest BCUT2D eigenvalue weighted by Gasteiger charge is -2.29. The van der Waals surface area contributed by atoms with Gasteiger partial charge < -0.3 is 20.5 Å². The summed E-state index contributed by atoms with van der Waals surface area (Å²) >= 11 is 0. The van der Waals surface area contributed by atoms with Crippen LogP contribution < -0.4 is 20.5 Å². The highest BCUT2D eigenvalue weighted by Crippen LogP contribution is 2.42. The highest BCUT2D eigenvalue weighted by atomic mass is 16.5. The Hall–Kier alpha value is -3.87. The largest absolute Gasteiger partial charge is 0.497 e. The summed E-state index contributed by atoms with van der Waals surface area (Å²) < 4.78 is 11.6. The predicted octanol–water partition coefficient (Wildman–Crippen LogP) is 3.79. The first-order valence-corrected chi connectivity index (χ1v) is 12.0. The first-order valence-electron chi connectivity index (χ1n) is 12.0. The van der Waals surface area contributed by atoms with Crippen molar-refractivity contribution in [3.05, 3.63) is 77.6 Å². The summed E-state index contributed by atoms with van der Waals surface area (Å²) in [5.41, 5.74) is 9.00. The number of nitrogens with zero attached hydrogens (tertiary/aromatic N) is 1. The van der Waals surface area contributed by atoms with Crippen LogP contribution in [0.1, 0.15) is 47.2 Å². The van der Waals surface area contributed by atoms with E-state index in [0.717, 1.165) is 59.4 Å². The van der Waals surface area contributed by atoms with Crippen molar-refractivity contribution in [2.75, 3.05) is 13.7 Å². The molecule has 0 spiro atoms. The van der Waals surface area contributed by atoms with Crippen LogP contribution in [0.4, 0.5) is 0 Å². The molecule has 2 heterocycles. The topological polar surface area (TPSA) is 104 Å². The fourth-order valence-corrected chi connectivity index (χ4v) is 5.31. The Morgan fingerprint density at radius 1 is 1.14 bits per heavy atom. The van der Waals surface area contributed by atoms with Gasteiger partial charge in [0.2, 0.25) is 11.8 Å². The zero-order chi connectivity index (χ0) is 24.4. The Morgan fingerprint density at radius 3 is 2.63 bits per heavy atom. The molecular weight excluding hydrogens is 442 g/mol. The van der Waals surface area contributed by atoms with Crippen molar-refractivity contribution < 1.29 is 19.1 Å². The molecule has 3 aromatic rings. The average molecular weight is 472 g/mol. The van der Waals surface area contributed by atoms with Crippen molar-refractivity contribution in [1.82, 2.24) is 10.3 Å². The van der Waals surface area contributed by atoms with Crippen LogP contribution in [0.5, 0.6) is 11.5 Å². The van der Waals surface area contributed by atoms with Crippen molar-refractivity contribution in [2.24, 2.45) is 5.73 Å². The van der Waals surface area contributed by atoms with Crippen molar-refractivity contribution >= 4 is 11.8 Å². The number of carbonyl (C=O) groups excluding carboxylic acids is 2. The molecule has 5 rings (SSSR count). The molecule has 35 heavy (non-hydrogen) atoms. The number of fused-ring (bicyclic) bond motifs is 1. The van der Waals surface area contributed by atoms with Gasteiger partial charge in [0, 0.05) is 29.9 Å². The van der Waals surface area contributed by atoms with Gasteiger partial charge in [-0.15, -0.1) is 0 Å². The number of para-hydroxylation sites is 1. The van der Waals surface area contributed by atoms with Gasteiger partial charge >= 0.3 is 0 Å². The Kier molecular flexibility index (Phi) is 6.16. The average Bonchev–Trinajstić information content (AvgIpc) is 3.55.